The second-order valence-corrected chi connectivity index (χ2v) is 7.43. The van der Waals surface area contributed by atoms with E-state index in [1.807, 2.05) is 11.0 Å². The maximum atomic E-state index is 13.6. The van der Waals surface area contributed by atoms with Crippen molar-refractivity contribution in [2.75, 3.05) is 25.7 Å². The summed E-state index contributed by atoms with van der Waals surface area (Å²) in [6, 6.07) is 11.2. The monoisotopic (exact) mass is 449 g/mol. The number of ether oxygens (including phenoxy) is 3. The number of fused-ring (bicyclic) bond motifs is 2. The number of halogens is 1. The van der Waals surface area contributed by atoms with Crippen molar-refractivity contribution in [3.8, 4) is 11.5 Å². The zero-order valence-corrected chi connectivity index (χ0v) is 17.9. The zero-order valence-electron chi connectivity index (χ0n) is 17.9. The fourth-order valence-electron chi connectivity index (χ4n) is 3.88. The third-order valence-corrected chi connectivity index (χ3v) is 5.48. The summed E-state index contributed by atoms with van der Waals surface area (Å²) in [7, 11) is 2.91. The van der Waals surface area contributed by atoms with Crippen LogP contribution in [0.25, 0.3) is 11.1 Å². The highest BCUT2D eigenvalue weighted by atomic mass is 19.1. The predicted molar refractivity (Wildman–Crippen MR) is 118 cm³/mol. The summed E-state index contributed by atoms with van der Waals surface area (Å²) in [4.78, 5) is 23.1. The number of rotatable bonds is 4. The van der Waals surface area contributed by atoms with Crippen LogP contribution in [0.1, 0.15) is 28.8 Å². The molecule has 9 heteroatoms. The average Bonchev–Trinajstić information content (AvgIpc) is 3.17. The van der Waals surface area contributed by atoms with E-state index in [4.69, 9.17) is 18.6 Å². The molecule has 0 saturated carbocycles. The lowest BCUT2D eigenvalue weighted by Crippen LogP contribution is -2.21. The number of carbonyl (C=O) groups is 1. The fourth-order valence-corrected chi connectivity index (χ4v) is 3.88. The van der Waals surface area contributed by atoms with E-state index < -0.39 is 17.9 Å². The van der Waals surface area contributed by atoms with Gasteiger partial charge >= 0.3 is 5.97 Å². The van der Waals surface area contributed by atoms with Crippen molar-refractivity contribution in [3.05, 3.63) is 72.1 Å². The lowest BCUT2D eigenvalue weighted by atomic mass is 10.1. The summed E-state index contributed by atoms with van der Waals surface area (Å²) < 4.78 is 36.1. The number of anilines is 2. The molecule has 2 aromatic heterocycles. The standard InChI is InChI=1S/C24H20FN3O5/c1-30-15-4-6-20-18(12-15)28(19-13-26-9-7-16(19)24(29)31-2)10-8-21(32-20)23-27-17-5-3-14(25)11-22(17)33-23/h3-7,9,11-13,21H,8,10H2,1-2H3. The van der Waals surface area contributed by atoms with Crippen LogP contribution in [0.3, 0.4) is 0 Å². The first-order valence-electron chi connectivity index (χ1n) is 10.3. The van der Waals surface area contributed by atoms with Crippen molar-refractivity contribution >= 4 is 28.4 Å². The SMILES string of the molecule is COC(=O)c1ccncc1N1CCC(c2nc3ccc(F)cc3o2)Oc2ccc(OC)cc21. The second-order valence-electron chi connectivity index (χ2n) is 7.43. The van der Waals surface area contributed by atoms with Gasteiger partial charge in [-0.1, -0.05) is 0 Å². The Morgan fingerprint density at radius 1 is 1.15 bits per heavy atom. The van der Waals surface area contributed by atoms with Gasteiger partial charge in [0.15, 0.2) is 11.7 Å². The van der Waals surface area contributed by atoms with Crippen LogP contribution in [0.5, 0.6) is 11.5 Å². The van der Waals surface area contributed by atoms with E-state index >= 15 is 0 Å². The first kappa shape index (κ1) is 20.7. The smallest absolute Gasteiger partial charge is 0.340 e. The minimum Gasteiger partial charge on any atom is -0.497 e. The van der Waals surface area contributed by atoms with Crippen LogP contribution in [0, 0.1) is 5.82 Å². The number of hydrogen-bond acceptors (Lipinski definition) is 8. The molecule has 8 nitrogen and oxygen atoms in total. The Labute approximate surface area is 188 Å². The third kappa shape index (κ3) is 3.82. The number of nitrogens with zero attached hydrogens (tertiary/aromatic N) is 3. The molecule has 1 aliphatic heterocycles. The molecule has 1 atom stereocenters. The summed E-state index contributed by atoms with van der Waals surface area (Å²) in [5.41, 5.74) is 2.54. The first-order chi connectivity index (χ1) is 16.1. The van der Waals surface area contributed by atoms with E-state index in [0.29, 0.717) is 58.4 Å². The topological polar surface area (TPSA) is 86.9 Å². The van der Waals surface area contributed by atoms with Crippen molar-refractivity contribution in [2.24, 2.45) is 0 Å². The van der Waals surface area contributed by atoms with Crippen molar-refractivity contribution in [1.82, 2.24) is 9.97 Å². The van der Waals surface area contributed by atoms with Gasteiger partial charge in [0.1, 0.15) is 22.8 Å². The van der Waals surface area contributed by atoms with Gasteiger partial charge in [0, 0.05) is 31.3 Å². The van der Waals surface area contributed by atoms with Gasteiger partial charge < -0.3 is 23.5 Å². The third-order valence-electron chi connectivity index (χ3n) is 5.48. The Hall–Kier alpha value is -4.14. The van der Waals surface area contributed by atoms with Crippen LogP contribution in [0.4, 0.5) is 15.8 Å². The number of hydrogen-bond donors (Lipinski definition) is 0. The molecule has 0 bridgehead atoms. The van der Waals surface area contributed by atoms with Gasteiger partial charge in [-0.2, -0.15) is 0 Å². The van der Waals surface area contributed by atoms with E-state index in [9.17, 15) is 9.18 Å². The van der Waals surface area contributed by atoms with Gasteiger partial charge in [0.2, 0.25) is 5.89 Å². The Bertz CT molecular complexity index is 1340. The molecule has 3 heterocycles. The largest absolute Gasteiger partial charge is 0.497 e. The predicted octanol–water partition coefficient (Wildman–Crippen LogP) is 4.82. The van der Waals surface area contributed by atoms with Crippen molar-refractivity contribution < 1.29 is 27.8 Å². The number of oxazole rings is 1. The van der Waals surface area contributed by atoms with Gasteiger partial charge in [0.05, 0.1) is 37.4 Å². The Balaban J connectivity index is 1.59. The average molecular weight is 449 g/mol. The number of benzene rings is 2. The van der Waals surface area contributed by atoms with Crippen molar-refractivity contribution in [1.29, 1.82) is 0 Å². The highest BCUT2D eigenvalue weighted by Crippen LogP contribution is 2.43. The number of aromatic nitrogens is 2. The molecule has 2 aromatic carbocycles. The van der Waals surface area contributed by atoms with E-state index in [2.05, 4.69) is 9.97 Å². The second kappa shape index (κ2) is 8.42. The highest BCUT2D eigenvalue weighted by Gasteiger charge is 2.30. The molecule has 5 rings (SSSR count). The van der Waals surface area contributed by atoms with E-state index in [1.54, 1.807) is 37.6 Å². The quantitative estimate of drug-likeness (QED) is 0.410. The van der Waals surface area contributed by atoms with E-state index in [1.165, 1.54) is 25.4 Å². The van der Waals surface area contributed by atoms with Crippen molar-refractivity contribution in [2.45, 2.75) is 12.5 Å². The first-order valence-corrected chi connectivity index (χ1v) is 10.3. The molecule has 0 N–H and O–H groups in total. The molecule has 0 aliphatic carbocycles. The molecule has 168 valence electrons. The Kier molecular flexibility index (Phi) is 5.29. The molecule has 1 aliphatic rings. The number of methoxy groups -OCH3 is 2. The number of carbonyl (C=O) groups excluding carboxylic acids is 1. The maximum absolute atomic E-state index is 13.6. The summed E-state index contributed by atoms with van der Waals surface area (Å²) in [5.74, 6) is 0.647. The van der Waals surface area contributed by atoms with Crippen LogP contribution in [-0.4, -0.2) is 36.7 Å². The molecule has 4 aromatic rings. The van der Waals surface area contributed by atoms with Crippen LogP contribution < -0.4 is 14.4 Å². The summed E-state index contributed by atoms with van der Waals surface area (Å²) >= 11 is 0. The van der Waals surface area contributed by atoms with Gasteiger partial charge in [-0.15, -0.1) is 0 Å². The normalized spacial score (nSPS) is 15.5. The molecule has 33 heavy (non-hydrogen) atoms. The Morgan fingerprint density at radius 2 is 2.03 bits per heavy atom. The van der Waals surface area contributed by atoms with Crippen LogP contribution >= 0.6 is 0 Å². The van der Waals surface area contributed by atoms with E-state index in [-0.39, 0.29) is 0 Å². The van der Waals surface area contributed by atoms with E-state index in [0.717, 1.165) is 0 Å². The molecule has 1 unspecified atom stereocenters. The molecule has 0 amide bonds. The highest BCUT2D eigenvalue weighted by molar-refractivity contribution is 5.97. The summed E-state index contributed by atoms with van der Waals surface area (Å²) in [5, 5.41) is 0. The van der Waals surface area contributed by atoms with Gasteiger partial charge in [-0.25, -0.2) is 14.2 Å². The summed E-state index contributed by atoms with van der Waals surface area (Å²) in [6.45, 7) is 0.452. The molecular formula is C24H20FN3O5. The number of pyridine rings is 1. The maximum Gasteiger partial charge on any atom is 0.340 e. The summed E-state index contributed by atoms with van der Waals surface area (Å²) in [6.07, 6.45) is 3.09. The van der Waals surface area contributed by atoms with Crippen molar-refractivity contribution in [3.63, 3.8) is 0 Å². The van der Waals surface area contributed by atoms with Crippen LogP contribution in [0.2, 0.25) is 0 Å². The molecule has 0 spiro atoms. The minimum absolute atomic E-state index is 0.346. The number of esters is 1. The lowest BCUT2D eigenvalue weighted by Gasteiger charge is -2.25. The molecular weight excluding hydrogens is 429 g/mol. The fraction of sp³-hybridized carbons (Fsp3) is 0.208. The molecule has 0 radical (unpaired) electrons. The van der Waals surface area contributed by atoms with Gasteiger partial charge in [-0.05, 0) is 30.3 Å². The van der Waals surface area contributed by atoms with Crippen LogP contribution in [-0.2, 0) is 4.74 Å². The molecule has 0 saturated heterocycles. The zero-order chi connectivity index (χ0) is 22.9. The minimum atomic E-state index is -0.532. The van der Waals surface area contributed by atoms with Gasteiger partial charge in [0.25, 0.3) is 0 Å². The van der Waals surface area contributed by atoms with Crippen LogP contribution in [0.15, 0.2) is 59.3 Å². The van der Waals surface area contributed by atoms with Gasteiger partial charge in [-0.3, -0.25) is 4.98 Å². The Morgan fingerprint density at radius 3 is 2.85 bits per heavy atom. The lowest BCUT2D eigenvalue weighted by molar-refractivity contribution is 0.0601. The molecule has 0 fully saturated rings.